The number of carbonyl (C=O) groups excluding carboxylic acids is 1. The molecule has 0 bridgehead atoms. The predicted molar refractivity (Wildman–Crippen MR) is 169 cm³/mol. The van der Waals surface area contributed by atoms with Crippen molar-refractivity contribution in [3.63, 3.8) is 0 Å². The van der Waals surface area contributed by atoms with Crippen molar-refractivity contribution in [2.45, 2.75) is 67.3 Å². The molecule has 2 aliphatic rings. The Morgan fingerprint density at radius 2 is 1.40 bits per heavy atom. The number of azide groups is 2. The van der Waals surface area contributed by atoms with Crippen LogP contribution in [0.25, 0.3) is 43.2 Å². The second-order valence-electron chi connectivity index (χ2n) is 10.4. The number of halogens is 2. The smallest absolute Gasteiger partial charge is 0.303 e. The van der Waals surface area contributed by atoms with E-state index in [4.69, 9.17) is 25.3 Å². The zero-order valence-electron chi connectivity index (χ0n) is 24.7. The Bertz CT molecular complexity index is 2020. The van der Waals surface area contributed by atoms with Gasteiger partial charge in [-0.25, -0.2) is 19.9 Å². The molecule has 0 amide bonds. The fourth-order valence-corrected chi connectivity index (χ4v) is 6.36. The summed E-state index contributed by atoms with van der Waals surface area (Å²) in [6.45, 7) is 4.73. The summed E-state index contributed by atoms with van der Waals surface area (Å²) in [6, 6.07) is 0. The lowest BCUT2D eigenvalue weighted by Gasteiger charge is -2.21. The first-order valence-electron chi connectivity index (χ1n) is 13.8. The van der Waals surface area contributed by atoms with Crippen LogP contribution in [0.2, 0.25) is 0 Å². The molecule has 6 rings (SSSR count). The van der Waals surface area contributed by atoms with Crippen molar-refractivity contribution >= 4 is 60.2 Å². The average Bonchev–Trinajstić information content (AvgIpc) is 3.77. The minimum absolute atomic E-state index is 0.0559. The highest BCUT2D eigenvalue weighted by Gasteiger charge is 2.47. The van der Waals surface area contributed by atoms with Gasteiger partial charge in [0.25, 0.3) is 11.1 Å². The van der Waals surface area contributed by atoms with Crippen molar-refractivity contribution in [2.75, 3.05) is 13.1 Å². The number of aliphatic hydroxyl groups excluding tert-OH is 1. The van der Waals surface area contributed by atoms with Crippen LogP contribution >= 0.6 is 31.9 Å². The van der Waals surface area contributed by atoms with E-state index in [9.17, 15) is 19.5 Å². The van der Waals surface area contributed by atoms with Crippen LogP contribution in [0.4, 0.5) is 0 Å². The molecule has 2 saturated heterocycles. The van der Waals surface area contributed by atoms with Crippen LogP contribution in [-0.4, -0.2) is 97.3 Å². The number of imidazole rings is 2. The molecule has 8 atom stereocenters. The van der Waals surface area contributed by atoms with Gasteiger partial charge in [-0.2, -0.15) is 0 Å². The fourth-order valence-electron chi connectivity index (χ4n) is 5.15. The quantitative estimate of drug-likeness (QED) is 0.0802. The molecule has 2 aliphatic heterocycles. The van der Waals surface area contributed by atoms with Crippen LogP contribution in [0.3, 0.4) is 0 Å². The van der Waals surface area contributed by atoms with Crippen LogP contribution in [0.5, 0.6) is 0 Å². The van der Waals surface area contributed by atoms with Crippen molar-refractivity contribution < 1.29 is 24.1 Å². The van der Waals surface area contributed by atoms with Crippen LogP contribution in [0.1, 0.15) is 31.0 Å². The Hall–Kier alpha value is -4.37. The highest BCUT2D eigenvalue weighted by molar-refractivity contribution is 9.09. The van der Waals surface area contributed by atoms with E-state index in [2.05, 4.69) is 81.8 Å². The van der Waals surface area contributed by atoms with E-state index in [1.54, 1.807) is 13.8 Å². The first-order valence-corrected chi connectivity index (χ1v) is 15.6. The summed E-state index contributed by atoms with van der Waals surface area (Å²) >= 11 is 6.78. The first-order chi connectivity index (χ1) is 22.4. The maximum Gasteiger partial charge on any atom is 0.303 e. The van der Waals surface area contributed by atoms with Gasteiger partial charge >= 0.3 is 5.97 Å². The van der Waals surface area contributed by atoms with Crippen molar-refractivity contribution in [3.05, 3.63) is 65.9 Å². The van der Waals surface area contributed by atoms with E-state index >= 15 is 0 Å². The fraction of sp³-hybridized carbons (Fsp3) is 0.542. The van der Waals surface area contributed by atoms with E-state index < -0.39 is 52.5 Å². The lowest BCUT2D eigenvalue weighted by molar-refractivity contribution is -0.151. The summed E-state index contributed by atoms with van der Waals surface area (Å²) in [6.07, 6.45) is -1.37. The summed E-state index contributed by atoms with van der Waals surface area (Å²) in [5.41, 5.74) is 17.2. The van der Waals surface area contributed by atoms with Gasteiger partial charge in [0.1, 0.15) is 17.8 Å². The normalized spacial score (nSPS) is 26.8. The molecule has 0 saturated carbocycles. The number of hydrogen-bond donors (Lipinski definition) is 3. The van der Waals surface area contributed by atoms with Gasteiger partial charge in [-0.15, -0.1) is 0 Å². The third-order valence-electron chi connectivity index (χ3n) is 7.15. The summed E-state index contributed by atoms with van der Waals surface area (Å²) in [4.78, 5) is 61.7. The maximum absolute atomic E-state index is 12.0. The first kappa shape index (κ1) is 34.0. The Morgan fingerprint density at radius 1 is 0.936 bits per heavy atom. The highest BCUT2D eigenvalue weighted by atomic mass is 79.9. The Labute approximate surface area is 279 Å². The topological polar surface area (TPSA) is 290 Å². The minimum Gasteiger partial charge on any atom is -0.456 e. The van der Waals surface area contributed by atoms with Crippen molar-refractivity contribution in [1.82, 2.24) is 39.0 Å². The number of fused-ring (bicyclic) bond motifs is 2. The van der Waals surface area contributed by atoms with Crippen LogP contribution in [0.15, 0.2) is 32.5 Å². The standard InChI is InChI=1S/C13H14BrN7O4.C11H12BrN7O3/c1-5-18-11-9(12(23)19-5)16-4-21(11)13-10(24-6(2)22)8(14)7(25-13)3-17-20-15;1-4-16-9-7(10(21)17-4)14-3-19(9)11-8(20)6(12)5(22-11)2-15-18-13/h4,7-8,10,13H,3H2,1-2H3,(H,18,19,23);3,5-6,8,11,20H,2H2,1H3,(H,16,17,21)/t7-,8?,10+,13-;5-,6?,8+,11-/m11/s1. The molecular weight excluding hydrogens is 756 g/mol. The molecular formula is C24H26Br2N14O7. The molecule has 4 aromatic heterocycles. The molecule has 2 unspecified atom stereocenters. The molecule has 0 radical (unpaired) electrons. The Morgan fingerprint density at radius 3 is 1.89 bits per heavy atom. The van der Waals surface area contributed by atoms with E-state index in [1.165, 1.54) is 28.7 Å². The number of H-pyrrole nitrogens is 2. The molecule has 2 fully saturated rings. The van der Waals surface area contributed by atoms with Gasteiger partial charge in [0.05, 0.1) is 47.6 Å². The van der Waals surface area contributed by atoms with Gasteiger partial charge < -0.3 is 29.3 Å². The highest BCUT2D eigenvalue weighted by Crippen LogP contribution is 2.38. The third kappa shape index (κ3) is 6.86. The Kier molecular flexibility index (Phi) is 10.2. The zero-order chi connectivity index (χ0) is 34.0. The largest absolute Gasteiger partial charge is 0.456 e. The number of aromatic amines is 2. The lowest BCUT2D eigenvalue weighted by atomic mass is 10.2. The second-order valence-corrected chi connectivity index (χ2v) is 12.5. The number of rotatable bonds is 7. The second kappa shape index (κ2) is 14.2. The van der Waals surface area contributed by atoms with Crippen molar-refractivity contribution in [2.24, 2.45) is 10.2 Å². The van der Waals surface area contributed by atoms with Crippen LogP contribution in [0, 0.1) is 13.8 Å². The van der Waals surface area contributed by atoms with Crippen molar-refractivity contribution in [3.8, 4) is 0 Å². The van der Waals surface area contributed by atoms with Gasteiger partial charge in [-0.05, 0) is 24.9 Å². The number of ether oxygens (including phenoxy) is 3. The maximum atomic E-state index is 12.0. The number of esters is 1. The van der Waals surface area contributed by atoms with Gasteiger partial charge in [0.2, 0.25) is 0 Å². The molecule has 0 aromatic carbocycles. The van der Waals surface area contributed by atoms with E-state index in [0.29, 0.717) is 22.9 Å². The van der Waals surface area contributed by atoms with Gasteiger partial charge in [0.15, 0.2) is 40.9 Å². The van der Waals surface area contributed by atoms with Crippen molar-refractivity contribution in [1.29, 1.82) is 0 Å². The zero-order valence-corrected chi connectivity index (χ0v) is 27.9. The number of aromatic nitrogens is 8. The molecule has 0 spiro atoms. The van der Waals surface area contributed by atoms with Gasteiger partial charge in [-0.3, -0.25) is 23.5 Å². The number of aryl methyl sites for hydroxylation is 2. The number of nitrogens with one attached hydrogen (secondary N) is 2. The molecule has 4 aromatic rings. The monoisotopic (exact) mass is 780 g/mol. The molecule has 0 aliphatic carbocycles. The van der Waals surface area contributed by atoms with E-state index in [0.717, 1.165) is 0 Å². The van der Waals surface area contributed by atoms with Crippen LogP contribution in [-0.2, 0) is 19.0 Å². The number of carbonyl (C=O) groups is 1. The number of nitrogens with zero attached hydrogens (tertiary/aromatic N) is 12. The van der Waals surface area contributed by atoms with Crippen LogP contribution < -0.4 is 11.1 Å². The Balaban J connectivity index is 0.000000186. The lowest BCUT2D eigenvalue weighted by Crippen LogP contribution is -2.32. The summed E-state index contributed by atoms with van der Waals surface area (Å²) in [5.74, 6) is 0.369. The summed E-state index contributed by atoms with van der Waals surface area (Å²) in [7, 11) is 0. The number of alkyl halides is 2. The molecule has 3 N–H and O–H groups in total. The van der Waals surface area contributed by atoms with E-state index in [1.807, 2.05) is 0 Å². The molecule has 6 heterocycles. The average molecular weight is 782 g/mol. The molecule has 248 valence electrons. The molecule has 21 nitrogen and oxygen atoms in total. The summed E-state index contributed by atoms with van der Waals surface area (Å²) in [5, 5.41) is 17.3. The summed E-state index contributed by atoms with van der Waals surface area (Å²) < 4.78 is 20.0. The predicted octanol–water partition coefficient (Wildman–Crippen LogP) is 2.09. The number of hydrogen-bond acceptors (Lipinski definition) is 13. The van der Waals surface area contributed by atoms with Gasteiger partial charge in [0, 0.05) is 16.7 Å². The third-order valence-corrected chi connectivity index (χ3v) is 9.40. The SMILES string of the molecule is CC(=O)O[C@H]1C(Br)[C@@H](CN=[N+]=[N-])O[C@H]1n1cnc2c(=O)[nH]c(C)nc21.Cc1nc2c(ncn2[C@@H]2O[C@H](CN=[N+]=[N-])C(Br)[C@@H]2O)c(=O)[nH]1. The molecule has 23 heteroatoms. The minimum atomic E-state index is -0.905. The number of aliphatic hydroxyl groups is 1. The van der Waals surface area contributed by atoms with E-state index in [-0.39, 0.29) is 35.2 Å². The van der Waals surface area contributed by atoms with Gasteiger partial charge in [-0.1, -0.05) is 42.1 Å². The molecule has 47 heavy (non-hydrogen) atoms.